The van der Waals surface area contributed by atoms with Gasteiger partial charge in [0.05, 0.1) is 5.88 Å². The molecule has 2 nitrogen and oxygen atoms in total. The first-order chi connectivity index (χ1) is 6.81. The molecule has 0 saturated carbocycles. The second kappa shape index (κ2) is 4.18. The Balaban J connectivity index is 2.33. The molecule has 1 aromatic rings. The quantitative estimate of drug-likeness (QED) is 0.698. The summed E-state index contributed by atoms with van der Waals surface area (Å²) in [6.07, 6.45) is 4.49. The fraction of sp³-hybridized carbons (Fsp3) is 0.545. The second-order valence-electron chi connectivity index (χ2n) is 3.78. The molecule has 0 bridgehead atoms. The summed E-state index contributed by atoms with van der Waals surface area (Å²) in [4.78, 5) is 6.68. The van der Waals surface area contributed by atoms with Crippen LogP contribution in [0.4, 0.5) is 5.69 Å². The van der Waals surface area contributed by atoms with Crippen LogP contribution in [0.25, 0.3) is 0 Å². The van der Waals surface area contributed by atoms with E-state index in [0.717, 1.165) is 24.3 Å². The van der Waals surface area contributed by atoms with Gasteiger partial charge in [0.15, 0.2) is 0 Å². The van der Waals surface area contributed by atoms with Crippen LogP contribution in [0.15, 0.2) is 12.3 Å². The lowest BCUT2D eigenvalue weighted by Crippen LogP contribution is -2.19. The number of halogens is 1. The first-order valence-electron chi connectivity index (χ1n) is 5.07. The zero-order valence-corrected chi connectivity index (χ0v) is 9.22. The van der Waals surface area contributed by atoms with Crippen LogP contribution >= 0.6 is 11.6 Å². The Labute approximate surface area is 89.9 Å². The summed E-state index contributed by atoms with van der Waals surface area (Å²) in [5.74, 6) is 0.555. The third kappa shape index (κ3) is 1.85. The summed E-state index contributed by atoms with van der Waals surface area (Å²) in [5.41, 5.74) is 3.50. The van der Waals surface area contributed by atoms with Crippen molar-refractivity contribution in [2.45, 2.75) is 25.6 Å². The smallest absolute Gasteiger partial charge is 0.0509 e. The van der Waals surface area contributed by atoms with E-state index in [4.69, 9.17) is 11.6 Å². The molecular weight excluding hydrogens is 196 g/mol. The predicted octanol–water partition coefficient (Wildman–Crippen LogP) is 2.73. The number of pyridine rings is 1. The molecule has 0 aromatic carbocycles. The van der Waals surface area contributed by atoms with Gasteiger partial charge in [-0.1, -0.05) is 0 Å². The Bertz CT molecular complexity index is 319. The van der Waals surface area contributed by atoms with E-state index < -0.39 is 0 Å². The highest BCUT2D eigenvalue weighted by Crippen LogP contribution is 2.25. The van der Waals surface area contributed by atoms with Gasteiger partial charge in [-0.05, 0) is 25.8 Å². The number of hydrogen-bond donors (Lipinski definition) is 0. The SMILES string of the molecule is Cc1cc(N2CCCC2)c(CCl)cn1. The van der Waals surface area contributed by atoms with E-state index in [0.29, 0.717) is 5.88 Å². The van der Waals surface area contributed by atoms with Gasteiger partial charge < -0.3 is 4.90 Å². The van der Waals surface area contributed by atoms with Crippen LogP contribution in [-0.2, 0) is 5.88 Å². The first kappa shape index (κ1) is 9.78. The molecule has 0 spiro atoms. The van der Waals surface area contributed by atoms with Crippen LogP contribution in [-0.4, -0.2) is 18.1 Å². The Hall–Kier alpha value is -0.760. The fourth-order valence-corrected chi connectivity index (χ4v) is 2.13. The number of rotatable bonds is 2. The lowest BCUT2D eigenvalue weighted by Gasteiger charge is -2.20. The third-order valence-electron chi connectivity index (χ3n) is 2.69. The fourth-order valence-electron chi connectivity index (χ4n) is 1.93. The lowest BCUT2D eigenvalue weighted by molar-refractivity contribution is 0.949. The van der Waals surface area contributed by atoms with Crippen LogP contribution in [0.3, 0.4) is 0 Å². The van der Waals surface area contributed by atoms with E-state index in [1.807, 2.05) is 13.1 Å². The zero-order chi connectivity index (χ0) is 9.97. The molecule has 2 heterocycles. The Morgan fingerprint density at radius 1 is 1.43 bits per heavy atom. The molecule has 0 amide bonds. The molecule has 0 radical (unpaired) electrons. The van der Waals surface area contributed by atoms with Gasteiger partial charge in [-0.15, -0.1) is 11.6 Å². The van der Waals surface area contributed by atoms with Crippen molar-refractivity contribution < 1.29 is 0 Å². The minimum absolute atomic E-state index is 0.555. The summed E-state index contributed by atoms with van der Waals surface area (Å²) >= 11 is 5.90. The molecule has 1 aromatic heterocycles. The normalized spacial score (nSPS) is 16.3. The van der Waals surface area contributed by atoms with Crippen LogP contribution in [0.1, 0.15) is 24.1 Å². The van der Waals surface area contributed by atoms with Crippen LogP contribution in [0.2, 0.25) is 0 Å². The zero-order valence-electron chi connectivity index (χ0n) is 8.46. The number of nitrogens with zero attached hydrogens (tertiary/aromatic N) is 2. The predicted molar refractivity (Wildman–Crippen MR) is 60.0 cm³/mol. The molecule has 76 valence electrons. The van der Waals surface area contributed by atoms with E-state index >= 15 is 0 Å². The van der Waals surface area contributed by atoms with Gasteiger partial charge in [0, 0.05) is 36.2 Å². The molecule has 14 heavy (non-hydrogen) atoms. The Morgan fingerprint density at radius 3 is 2.79 bits per heavy atom. The highest BCUT2D eigenvalue weighted by molar-refractivity contribution is 6.17. The van der Waals surface area contributed by atoms with Gasteiger partial charge in [-0.2, -0.15) is 0 Å². The molecular formula is C11H15ClN2. The third-order valence-corrected chi connectivity index (χ3v) is 2.98. The summed E-state index contributed by atoms with van der Waals surface area (Å²) in [6.45, 7) is 4.35. The van der Waals surface area contributed by atoms with Crippen LogP contribution < -0.4 is 4.90 Å². The molecule has 0 aliphatic carbocycles. The Morgan fingerprint density at radius 2 is 2.14 bits per heavy atom. The van der Waals surface area contributed by atoms with Gasteiger partial charge in [0.1, 0.15) is 0 Å². The summed E-state index contributed by atoms with van der Waals surface area (Å²) in [7, 11) is 0. The van der Waals surface area contributed by atoms with E-state index in [2.05, 4.69) is 16.0 Å². The average molecular weight is 211 g/mol. The van der Waals surface area contributed by atoms with Crippen molar-refractivity contribution >= 4 is 17.3 Å². The maximum absolute atomic E-state index is 5.90. The van der Waals surface area contributed by atoms with Crippen molar-refractivity contribution in [3.63, 3.8) is 0 Å². The van der Waals surface area contributed by atoms with Crippen molar-refractivity contribution in [2.75, 3.05) is 18.0 Å². The molecule has 0 N–H and O–H groups in total. The van der Waals surface area contributed by atoms with E-state index in [1.54, 1.807) is 0 Å². The molecule has 2 rings (SSSR count). The second-order valence-corrected chi connectivity index (χ2v) is 4.05. The van der Waals surface area contributed by atoms with Gasteiger partial charge in [0.25, 0.3) is 0 Å². The molecule has 1 saturated heterocycles. The van der Waals surface area contributed by atoms with Crippen molar-refractivity contribution in [2.24, 2.45) is 0 Å². The summed E-state index contributed by atoms with van der Waals surface area (Å²) < 4.78 is 0. The largest absolute Gasteiger partial charge is 0.371 e. The average Bonchev–Trinajstić information content (AvgIpc) is 2.70. The highest BCUT2D eigenvalue weighted by atomic mass is 35.5. The molecule has 1 aliphatic rings. The highest BCUT2D eigenvalue weighted by Gasteiger charge is 2.15. The Kier molecular flexibility index (Phi) is 2.92. The van der Waals surface area contributed by atoms with Gasteiger partial charge in [0.2, 0.25) is 0 Å². The maximum atomic E-state index is 5.90. The lowest BCUT2D eigenvalue weighted by atomic mass is 10.2. The minimum atomic E-state index is 0.555. The number of anilines is 1. The molecule has 0 unspecified atom stereocenters. The van der Waals surface area contributed by atoms with Crippen molar-refractivity contribution in [3.05, 3.63) is 23.5 Å². The van der Waals surface area contributed by atoms with Gasteiger partial charge >= 0.3 is 0 Å². The van der Waals surface area contributed by atoms with E-state index in [9.17, 15) is 0 Å². The number of hydrogen-bond acceptors (Lipinski definition) is 2. The van der Waals surface area contributed by atoms with Gasteiger partial charge in [-0.25, -0.2) is 0 Å². The monoisotopic (exact) mass is 210 g/mol. The standard InChI is InChI=1S/C11H15ClN2/c1-9-6-11(10(7-12)8-13-9)14-4-2-3-5-14/h6,8H,2-5,7H2,1H3. The molecule has 0 atom stereocenters. The first-order valence-corrected chi connectivity index (χ1v) is 5.61. The molecule has 1 aliphatic heterocycles. The number of aryl methyl sites for hydroxylation is 1. The molecule has 1 fully saturated rings. The maximum Gasteiger partial charge on any atom is 0.0509 e. The van der Waals surface area contributed by atoms with Crippen LogP contribution in [0, 0.1) is 6.92 Å². The van der Waals surface area contributed by atoms with Crippen molar-refractivity contribution in [1.82, 2.24) is 4.98 Å². The summed E-state index contributed by atoms with van der Waals surface area (Å²) in [6, 6.07) is 2.14. The minimum Gasteiger partial charge on any atom is -0.371 e. The number of alkyl halides is 1. The van der Waals surface area contributed by atoms with Crippen molar-refractivity contribution in [3.8, 4) is 0 Å². The van der Waals surface area contributed by atoms with E-state index in [1.165, 1.54) is 18.5 Å². The number of aromatic nitrogens is 1. The van der Waals surface area contributed by atoms with Crippen LogP contribution in [0.5, 0.6) is 0 Å². The van der Waals surface area contributed by atoms with Gasteiger partial charge in [-0.3, -0.25) is 4.98 Å². The topological polar surface area (TPSA) is 16.1 Å². The van der Waals surface area contributed by atoms with E-state index in [-0.39, 0.29) is 0 Å². The summed E-state index contributed by atoms with van der Waals surface area (Å²) in [5, 5.41) is 0. The van der Waals surface area contributed by atoms with Crippen molar-refractivity contribution in [1.29, 1.82) is 0 Å². The molecule has 3 heteroatoms.